The first-order valence-electron chi connectivity index (χ1n) is 8.93. The third-order valence-corrected chi connectivity index (χ3v) is 4.29. The zero-order chi connectivity index (χ0) is 19.9. The number of rotatable bonds is 7. The zero-order valence-electron chi connectivity index (χ0n) is 15.7. The van der Waals surface area contributed by atoms with Gasteiger partial charge in [-0.2, -0.15) is 0 Å². The van der Waals surface area contributed by atoms with Crippen LogP contribution in [-0.2, 0) is 6.54 Å². The summed E-state index contributed by atoms with van der Waals surface area (Å²) in [6.45, 7) is 4.53. The number of carbonyl (C=O) groups excluding carboxylic acids is 1. The molecule has 0 aliphatic heterocycles. The van der Waals surface area contributed by atoms with Gasteiger partial charge in [0, 0.05) is 17.6 Å². The van der Waals surface area contributed by atoms with Crippen LogP contribution in [0.1, 0.15) is 28.8 Å². The molecule has 0 spiro atoms. The lowest BCUT2D eigenvalue weighted by Gasteiger charge is -2.13. The summed E-state index contributed by atoms with van der Waals surface area (Å²) in [6, 6.07) is 16.5. The molecule has 1 heterocycles. The van der Waals surface area contributed by atoms with Crippen molar-refractivity contribution in [3.05, 3.63) is 76.7 Å². The van der Waals surface area contributed by atoms with Gasteiger partial charge in [-0.1, -0.05) is 41.9 Å². The summed E-state index contributed by atoms with van der Waals surface area (Å²) in [6.07, 6.45) is 0. The Balaban J connectivity index is 1.76. The minimum absolute atomic E-state index is 0.274. The SMILES string of the molecule is CCOc1ccccc1Nc1cc(C(=O)NCc2ccccc2Cl)nc(C)n1. The number of halogens is 1. The number of para-hydroxylation sites is 2. The fraction of sp³-hybridized carbons (Fsp3) is 0.190. The van der Waals surface area contributed by atoms with Gasteiger partial charge in [-0.05, 0) is 37.6 Å². The number of benzene rings is 2. The molecule has 0 radical (unpaired) electrons. The van der Waals surface area contributed by atoms with E-state index in [0.717, 1.165) is 11.3 Å². The zero-order valence-corrected chi connectivity index (χ0v) is 16.5. The molecule has 0 aliphatic rings. The third-order valence-electron chi connectivity index (χ3n) is 3.92. The first kappa shape index (κ1) is 19.6. The lowest BCUT2D eigenvalue weighted by molar-refractivity contribution is 0.0945. The predicted molar refractivity (Wildman–Crippen MR) is 110 cm³/mol. The van der Waals surface area contributed by atoms with Crippen LogP contribution in [0, 0.1) is 6.92 Å². The molecule has 1 aromatic heterocycles. The summed E-state index contributed by atoms with van der Waals surface area (Å²) >= 11 is 6.14. The smallest absolute Gasteiger partial charge is 0.270 e. The topological polar surface area (TPSA) is 76.1 Å². The van der Waals surface area contributed by atoms with Crippen LogP contribution in [-0.4, -0.2) is 22.5 Å². The van der Waals surface area contributed by atoms with E-state index in [-0.39, 0.29) is 11.6 Å². The number of ether oxygens (including phenoxy) is 1. The molecule has 0 unspecified atom stereocenters. The summed E-state index contributed by atoms with van der Waals surface area (Å²) in [4.78, 5) is 21.2. The highest BCUT2D eigenvalue weighted by Gasteiger charge is 2.12. The van der Waals surface area contributed by atoms with Crippen LogP contribution in [0.4, 0.5) is 11.5 Å². The Labute approximate surface area is 168 Å². The second kappa shape index (κ2) is 9.19. The van der Waals surface area contributed by atoms with E-state index < -0.39 is 0 Å². The van der Waals surface area contributed by atoms with Gasteiger partial charge in [-0.15, -0.1) is 0 Å². The molecule has 28 heavy (non-hydrogen) atoms. The number of nitrogens with one attached hydrogen (secondary N) is 2. The summed E-state index contributed by atoms with van der Waals surface area (Å²) in [7, 11) is 0. The highest BCUT2D eigenvalue weighted by molar-refractivity contribution is 6.31. The molecule has 3 rings (SSSR count). The van der Waals surface area contributed by atoms with E-state index in [4.69, 9.17) is 16.3 Å². The maximum atomic E-state index is 12.6. The van der Waals surface area contributed by atoms with E-state index in [1.165, 1.54) is 0 Å². The van der Waals surface area contributed by atoms with E-state index in [1.54, 1.807) is 19.1 Å². The number of hydrogen-bond donors (Lipinski definition) is 2. The molecule has 0 saturated carbocycles. The Bertz CT molecular complexity index is 978. The van der Waals surface area contributed by atoms with Gasteiger partial charge in [0.05, 0.1) is 12.3 Å². The Morgan fingerprint density at radius 2 is 1.86 bits per heavy atom. The second-order valence-electron chi connectivity index (χ2n) is 6.01. The van der Waals surface area contributed by atoms with E-state index >= 15 is 0 Å². The normalized spacial score (nSPS) is 10.4. The highest BCUT2D eigenvalue weighted by Crippen LogP contribution is 2.27. The van der Waals surface area contributed by atoms with Crippen molar-refractivity contribution < 1.29 is 9.53 Å². The van der Waals surface area contributed by atoms with E-state index in [0.29, 0.717) is 35.6 Å². The summed E-state index contributed by atoms with van der Waals surface area (Å²) < 4.78 is 5.62. The van der Waals surface area contributed by atoms with E-state index in [2.05, 4.69) is 20.6 Å². The molecule has 2 N–H and O–H groups in total. The van der Waals surface area contributed by atoms with Gasteiger partial charge < -0.3 is 15.4 Å². The van der Waals surface area contributed by atoms with Crippen molar-refractivity contribution in [3.63, 3.8) is 0 Å². The fourth-order valence-corrected chi connectivity index (χ4v) is 2.85. The van der Waals surface area contributed by atoms with Crippen LogP contribution in [0.2, 0.25) is 5.02 Å². The van der Waals surface area contributed by atoms with Gasteiger partial charge in [0.2, 0.25) is 0 Å². The van der Waals surface area contributed by atoms with Crippen molar-refractivity contribution in [3.8, 4) is 5.75 Å². The Kier molecular flexibility index (Phi) is 6.45. The number of amides is 1. The average molecular weight is 397 g/mol. The number of carbonyl (C=O) groups is 1. The first-order valence-corrected chi connectivity index (χ1v) is 9.30. The number of aryl methyl sites for hydroxylation is 1. The molecule has 144 valence electrons. The maximum Gasteiger partial charge on any atom is 0.270 e. The van der Waals surface area contributed by atoms with Crippen molar-refractivity contribution in [2.75, 3.05) is 11.9 Å². The number of nitrogens with zero attached hydrogens (tertiary/aromatic N) is 2. The Morgan fingerprint density at radius 1 is 1.11 bits per heavy atom. The number of hydrogen-bond acceptors (Lipinski definition) is 5. The van der Waals surface area contributed by atoms with Crippen molar-refractivity contribution in [1.29, 1.82) is 0 Å². The second-order valence-corrected chi connectivity index (χ2v) is 6.42. The molecular weight excluding hydrogens is 376 g/mol. The van der Waals surface area contributed by atoms with Crippen LogP contribution in [0.3, 0.4) is 0 Å². The van der Waals surface area contributed by atoms with Crippen LogP contribution >= 0.6 is 11.6 Å². The molecule has 6 nitrogen and oxygen atoms in total. The first-order chi connectivity index (χ1) is 13.6. The van der Waals surface area contributed by atoms with Crippen LogP contribution < -0.4 is 15.4 Å². The van der Waals surface area contributed by atoms with Gasteiger partial charge >= 0.3 is 0 Å². The van der Waals surface area contributed by atoms with Crippen LogP contribution in [0.15, 0.2) is 54.6 Å². The molecule has 0 fully saturated rings. The van der Waals surface area contributed by atoms with Crippen LogP contribution in [0.25, 0.3) is 0 Å². The number of aromatic nitrogens is 2. The lowest BCUT2D eigenvalue weighted by atomic mass is 10.2. The average Bonchev–Trinajstić information content (AvgIpc) is 2.68. The Morgan fingerprint density at radius 3 is 2.64 bits per heavy atom. The monoisotopic (exact) mass is 396 g/mol. The van der Waals surface area contributed by atoms with Gasteiger partial charge in [-0.3, -0.25) is 4.79 Å². The molecule has 3 aromatic rings. The Hall–Kier alpha value is -3.12. The van der Waals surface area contributed by atoms with Gasteiger partial charge in [0.15, 0.2) is 0 Å². The fourth-order valence-electron chi connectivity index (χ4n) is 2.65. The van der Waals surface area contributed by atoms with Crippen molar-refractivity contribution in [2.45, 2.75) is 20.4 Å². The summed E-state index contributed by atoms with van der Waals surface area (Å²) in [5, 5.41) is 6.65. The maximum absolute atomic E-state index is 12.6. The van der Waals surface area contributed by atoms with Gasteiger partial charge in [-0.25, -0.2) is 9.97 Å². The predicted octanol–water partition coefficient (Wildman–Crippen LogP) is 4.51. The molecule has 1 amide bonds. The van der Waals surface area contributed by atoms with Gasteiger partial charge in [0.25, 0.3) is 5.91 Å². The van der Waals surface area contributed by atoms with Crippen molar-refractivity contribution >= 4 is 29.0 Å². The summed E-state index contributed by atoms with van der Waals surface area (Å²) in [5.74, 6) is 1.42. The minimum Gasteiger partial charge on any atom is -0.492 e. The molecule has 0 atom stereocenters. The van der Waals surface area contributed by atoms with Crippen molar-refractivity contribution in [1.82, 2.24) is 15.3 Å². The van der Waals surface area contributed by atoms with Crippen molar-refractivity contribution in [2.24, 2.45) is 0 Å². The quantitative estimate of drug-likeness (QED) is 0.614. The lowest BCUT2D eigenvalue weighted by Crippen LogP contribution is -2.24. The molecular formula is C21H21ClN4O2. The van der Waals surface area contributed by atoms with E-state index in [1.807, 2.05) is 49.4 Å². The standard InChI is InChI=1S/C21H21ClN4O2/c1-3-28-19-11-7-6-10-17(19)26-20-12-18(24-14(2)25-20)21(27)23-13-15-8-4-5-9-16(15)22/h4-12H,3,13H2,1-2H3,(H,23,27)(H,24,25,26). The third kappa shape index (κ3) is 4.98. The van der Waals surface area contributed by atoms with Crippen LogP contribution in [0.5, 0.6) is 5.75 Å². The molecule has 0 aliphatic carbocycles. The van der Waals surface area contributed by atoms with Gasteiger partial charge in [0.1, 0.15) is 23.1 Å². The molecule has 0 saturated heterocycles. The van der Waals surface area contributed by atoms with E-state index in [9.17, 15) is 4.79 Å². The largest absolute Gasteiger partial charge is 0.492 e. The number of anilines is 2. The highest BCUT2D eigenvalue weighted by atomic mass is 35.5. The molecule has 7 heteroatoms. The molecule has 0 bridgehead atoms. The molecule has 2 aromatic carbocycles. The summed E-state index contributed by atoms with van der Waals surface area (Å²) in [5.41, 5.74) is 1.88. The minimum atomic E-state index is -0.299.